The fourth-order valence-corrected chi connectivity index (χ4v) is 5.97. The van der Waals surface area contributed by atoms with E-state index in [9.17, 15) is 0 Å². The van der Waals surface area contributed by atoms with Gasteiger partial charge in [-0.3, -0.25) is 9.80 Å². The molecule has 25 heavy (non-hydrogen) atoms. The van der Waals surface area contributed by atoms with Gasteiger partial charge < -0.3 is 4.90 Å². The lowest BCUT2D eigenvalue weighted by Gasteiger charge is -2.38. The lowest BCUT2D eigenvalue weighted by molar-refractivity contribution is 0.108. The van der Waals surface area contributed by atoms with E-state index in [1.807, 2.05) is 11.3 Å². The number of hydrogen-bond donors (Lipinski definition) is 0. The molecule has 0 aliphatic carbocycles. The van der Waals surface area contributed by atoms with E-state index in [-0.39, 0.29) is 0 Å². The van der Waals surface area contributed by atoms with Crippen LogP contribution < -0.4 is 0 Å². The average molecular weight is 362 g/mol. The third kappa shape index (κ3) is 4.65. The molecule has 1 unspecified atom stereocenters. The molecule has 0 saturated carbocycles. The predicted molar refractivity (Wildman–Crippen MR) is 107 cm³/mol. The SMILES string of the molecule is CC(C1CCN(Cc2cc(CN3CCCC3)cs2)CC1)N1CCCC1. The van der Waals surface area contributed by atoms with Gasteiger partial charge in [0.25, 0.3) is 0 Å². The van der Waals surface area contributed by atoms with E-state index in [1.54, 1.807) is 10.4 Å². The van der Waals surface area contributed by atoms with Crippen LogP contribution in [0.3, 0.4) is 0 Å². The highest BCUT2D eigenvalue weighted by atomic mass is 32.1. The summed E-state index contributed by atoms with van der Waals surface area (Å²) in [7, 11) is 0. The van der Waals surface area contributed by atoms with E-state index in [4.69, 9.17) is 0 Å². The van der Waals surface area contributed by atoms with Crippen molar-refractivity contribution in [3.8, 4) is 0 Å². The molecule has 0 N–H and O–H groups in total. The van der Waals surface area contributed by atoms with Gasteiger partial charge in [-0.25, -0.2) is 0 Å². The second-order valence-electron chi connectivity index (χ2n) is 8.50. The van der Waals surface area contributed by atoms with Crippen molar-refractivity contribution in [1.29, 1.82) is 0 Å². The Labute approximate surface area is 158 Å². The second-order valence-corrected chi connectivity index (χ2v) is 9.50. The maximum atomic E-state index is 2.74. The summed E-state index contributed by atoms with van der Waals surface area (Å²) in [4.78, 5) is 9.61. The van der Waals surface area contributed by atoms with Crippen molar-refractivity contribution in [2.24, 2.45) is 5.92 Å². The highest BCUT2D eigenvalue weighted by Gasteiger charge is 2.29. The molecule has 3 nitrogen and oxygen atoms in total. The molecule has 4 rings (SSSR count). The van der Waals surface area contributed by atoms with Gasteiger partial charge in [0.05, 0.1) is 0 Å². The van der Waals surface area contributed by atoms with Crippen molar-refractivity contribution in [1.82, 2.24) is 14.7 Å². The van der Waals surface area contributed by atoms with Gasteiger partial charge >= 0.3 is 0 Å². The standard InChI is InChI=1S/C21H35N3S/c1-18(24-10-4-5-11-24)20-6-12-23(13-7-20)16-21-14-19(17-25-21)15-22-8-2-3-9-22/h14,17-18,20H,2-13,15-16H2,1H3. The van der Waals surface area contributed by atoms with Crippen molar-refractivity contribution in [3.63, 3.8) is 0 Å². The third-order valence-electron chi connectivity index (χ3n) is 6.72. The largest absolute Gasteiger partial charge is 0.300 e. The van der Waals surface area contributed by atoms with E-state index in [0.717, 1.165) is 12.0 Å². The number of piperidine rings is 1. The van der Waals surface area contributed by atoms with Crippen LogP contribution >= 0.6 is 11.3 Å². The molecule has 0 bridgehead atoms. The van der Waals surface area contributed by atoms with Gasteiger partial charge in [-0.15, -0.1) is 11.3 Å². The van der Waals surface area contributed by atoms with E-state index < -0.39 is 0 Å². The van der Waals surface area contributed by atoms with Crippen LogP contribution in [0.15, 0.2) is 11.4 Å². The Balaban J connectivity index is 1.22. The minimum Gasteiger partial charge on any atom is -0.300 e. The fourth-order valence-electron chi connectivity index (χ4n) is 5.05. The van der Waals surface area contributed by atoms with Crippen molar-refractivity contribution in [2.45, 2.75) is 64.6 Å². The molecule has 4 heterocycles. The summed E-state index contributed by atoms with van der Waals surface area (Å²) in [5.74, 6) is 0.920. The summed E-state index contributed by atoms with van der Waals surface area (Å²) in [6.45, 7) is 12.7. The van der Waals surface area contributed by atoms with Gasteiger partial charge in [-0.1, -0.05) is 0 Å². The van der Waals surface area contributed by atoms with Gasteiger partial charge in [0.1, 0.15) is 0 Å². The van der Waals surface area contributed by atoms with Crippen molar-refractivity contribution < 1.29 is 0 Å². The van der Waals surface area contributed by atoms with Gasteiger partial charge in [-0.2, -0.15) is 0 Å². The Kier molecular flexibility index (Phi) is 6.12. The summed E-state index contributed by atoms with van der Waals surface area (Å²) in [6.07, 6.45) is 8.40. The highest BCUT2D eigenvalue weighted by molar-refractivity contribution is 7.10. The van der Waals surface area contributed by atoms with Crippen LogP contribution in [0.5, 0.6) is 0 Å². The summed E-state index contributed by atoms with van der Waals surface area (Å²) in [5, 5.41) is 2.40. The maximum Gasteiger partial charge on any atom is 0.0328 e. The van der Waals surface area contributed by atoms with Crippen LogP contribution in [0, 0.1) is 5.92 Å². The first-order valence-electron chi connectivity index (χ1n) is 10.5. The number of thiophene rings is 1. The average Bonchev–Trinajstić information content (AvgIpc) is 3.38. The normalized spacial score (nSPS) is 25.8. The number of likely N-dealkylation sites (tertiary alicyclic amines) is 3. The minimum atomic E-state index is 0.804. The van der Waals surface area contributed by atoms with Gasteiger partial charge in [-0.05, 0) is 108 Å². The van der Waals surface area contributed by atoms with Crippen molar-refractivity contribution >= 4 is 11.3 Å². The Morgan fingerprint density at radius 3 is 2.28 bits per heavy atom. The zero-order chi connectivity index (χ0) is 17.1. The smallest absolute Gasteiger partial charge is 0.0328 e. The van der Waals surface area contributed by atoms with Crippen LogP contribution in [-0.2, 0) is 13.1 Å². The summed E-state index contributed by atoms with van der Waals surface area (Å²) >= 11 is 1.98. The molecule has 4 heteroatoms. The Morgan fingerprint density at radius 2 is 1.56 bits per heavy atom. The molecule has 1 aromatic rings. The Morgan fingerprint density at radius 1 is 0.920 bits per heavy atom. The zero-order valence-electron chi connectivity index (χ0n) is 16.0. The van der Waals surface area contributed by atoms with Gasteiger partial charge in [0.15, 0.2) is 0 Å². The molecule has 1 aromatic heterocycles. The van der Waals surface area contributed by atoms with Crippen molar-refractivity contribution in [3.05, 3.63) is 21.9 Å². The number of hydrogen-bond acceptors (Lipinski definition) is 4. The Hall–Kier alpha value is -0.420. The lowest BCUT2D eigenvalue weighted by atomic mass is 9.89. The minimum absolute atomic E-state index is 0.804. The molecule has 3 fully saturated rings. The molecule has 140 valence electrons. The number of rotatable bonds is 6. The second kappa shape index (κ2) is 8.51. The van der Waals surface area contributed by atoms with Crippen LogP contribution in [0.25, 0.3) is 0 Å². The molecular weight excluding hydrogens is 326 g/mol. The van der Waals surface area contributed by atoms with Crippen molar-refractivity contribution in [2.75, 3.05) is 39.3 Å². The lowest BCUT2D eigenvalue weighted by Crippen LogP contribution is -2.42. The first-order valence-corrected chi connectivity index (χ1v) is 11.4. The van der Waals surface area contributed by atoms with E-state index in [1.165, 1.54) is 90.9 Å². The Bertz CT molecular complexity index is 523. The highest BCUT2D eigenvalue weighted by Crippen LogP contribution is 2.28. The fraction of sp³-hybridized carbons (Fsp3) is 0.810. The monoisotopic (exact) mass is 361 g/mol. The molecule has 3 aliphatic rings. The third-order valence-corrected chi connectivity index (χ3v) is 7.69. The predicted octanol–water partition coefficient (Wildman–Crippen LogP) is 4.04. The quantitative estimate of drug-likeness (QED) is 0.757. The topological polar surface area (TPSA) is 9.72 Å². The zero-order valence-corrected chi connectivity index (χ0v) is 16.8. The van der Waals surface area contributed by atoms with E-state index >= 15 is 0 Å². The van der Waals surface area contributed by atoms with Gasteiger partial charge in [0.2, 0.25) is 0 Å². The first-order chi connectivity index (χ1) is 12.3. The molecule has 0 amide bonds. The van der Waals surface area contributed by atoms with E-state index in [0.29, 0.717) is 0 Å². The summed E-state index contributed by atoms with van der Waals surface area (Å²) in [5.41, 5.74) is 1.54. The summed E-state index contributed by atoms with van der Waals surface area (Å²) < 4.78 is 0. The molecule has 0 radical (unpaired) electrons. The van der Waals surface area contributed by atoms with Crippen LogP contribution in [0.1, 0.15) is 55.9 Å². The number of nitrogens with zero attached hydrogens (tertiary/aromatic N) is 3. The molecule has 1 atom stereocenters. The van der Waals surface area contributed by atoms with E-state index in [2.05, 4.69) is 33.1 Å². The molecule has 3 saturated heterocycles. The summed E-state index contributed by atoms with van der Waals surface area (Å²) in [6, 6.07) is 3.28. The van der Waals surface area contributed by atoms with Crippen LogP contribution in [-0.4, -0.2) is 60.0 Å². The van der Waals surface area contributed by atoms with Crippen LogP contribution in [0.4, 0.5) is 0 Å². The molecule has 3 aliphatic heterocycles. The van der Waals surface area contributed by atoms with Crippen LogP contribution in [0.2, 0.25) is 0 Å². The molecular formula is C21H35N3S. The van der Waals surface area contributed by atoms with Gasteiger partial charge in [0, 0.05) is 24.0 Å². The molecule has 0 aromatic carbocycles. The first kappa shape index (κ1) is 18.0. The maximum absolute atomic E-state index is 2.74. The molecule has 0 spiro atoms.